The molecule has 4 nitrogen and oxygen atoms in total. The van der Waals surface area contributed by atoms with Gasteiger partial charge in [0.05, 0.1) is 18.6 Å². The fraction of sp³-hybridized carbons (Fsp3) is 0.286. The Morgan fingerprint density at radius 1 is 1.16 bits per heavy atom. The van der Waals surface area contributed by atoms with E-state index in [4.69, 9.17) is 0 Å². The van der Waals surface area contributed by atoms with Crippen molar-refractivity contribution in [3.8, 4) is 11.1 Å². The number of aliphatic hydroxyl groups excluding tert-OH is 1. The lowest BCUT2D eigenvalue weighted by Gasteiger charge is -2.08. The van der Waals surface area contributed by atoms with Gasteiger partial charge in [0, 0.05) is 11.8 Å². The summed E-state index contributed by atoms with van der Waals surface area (Å²) in [5, 5.41) is 9.51. The summed E-state index contributed by atoms with van der Waals surface area (Å²) in [7, 11) is -3.41. The van der Waals surface area contributed by atoms with Crippen molar-refractivity contribution in [1.82, 2.24) is 3.97 Å². The van der Waals surface area contributed by atoms with E-state index in [2.05, 4.69) is 0 Å². The molecule has 1 heterocycles. The predicted molar refractivity (Wildman–Crippen MR) is 75.5 cm³/mol. The zero-order valence-corrected chi connectivity index (χ0v) is 12.0. The van der Waals surface area contributed by atoms with Crippen LogP contribution in [0.25, 0.3) is 11.1 Å². The maximum absolute atomic E-state index is 11.7. The second-order valence-corrected chi connectivity index (χ2v) is 6.58. The van der Waals surface area contributed by atoms with Gasteiger partial charge in [0.1, 0.15) is 0 Å². The fourth-order valence-electron chi connectivity index (χ4n) is 2.22. The first kappa shape index (κ1) is 13.8. The number of hydrogen-bond acceptors (Lipinski definition) is 3. The molecule has 102 valence electrons. The highest BCUT2D eigenvalue weighted by atomic mass is 32.2. The maximum atomic E-state index is 11.7. The normalized spacial score (nSPS) is 11.8. The van der Waals surface area contributed by atoms with Crippen LogP contribution in [0.2, 0.25) is 0 Å². The minimum absolute atomic E-state index is 0.315. The Morgan fingerprint density at radius 2 is 1.74 bits per heavy atom. The molecule has 5 heteroatoms. The van der Waals surface area contributed by atoms with Gasteiger partial charge < -0.3 is 5.11 Å². The van der Waals surface area contributed by atoms with Crippen LogP contribution in [0.15, 0.2) is 30.5 Å². The topological polar surface area (TPSA) is 59.3 Å². The van der Waals surface area contributed by atoms with Gasteiger partial charge in [-0.25, -0.2) is 12.4 Å². The summed E-state index contributed by atoms with van der Waals surface area (Å²) in [6.45, 7) is 3.52. The molecule has 0 saturated carbocycles. The molecule has 0 radical (unpaired) electrons. The van der Waals surface area contributed by atoms with Gasteiger partial charge in [-0.05, 0) is 25.0 Å². The van der Waals surface area contributed by atoms with Crippen LogP contribution in [0.4, 0.5) is 0 Å². The SMILES string of the molecule is Cc1ccc(-c2c(C)cn(S(C)(=O)=O)c2CO)cc1. The molecular weight excluding hydrogens is 262 g/mol. The summed E-state index contributed by atoms with van der Waals surface area (Å²) in [5.41, 5.74) is 4.07. The zero-order valence-electron chi connectivity index (χ0n) is 11.2. The smallest absolute Gasteiger partial charge is 0.235 e. The lowest BCUT2D eigenvalue weighted by atomic mass is 10.0. The molecule has 0 unspecified atom stereocenters. The number of aliphatic hydroxyl groups is 1. The average molecular weight is 279 g/mol. The highest BCUT2D eigenvalue weighted by Crippen LogP contribution is 2.30. The Morgan fingerprint density at radius 3 is 2.21 bits per heavy atom. The molecular formula is C14H17NO3S. The molecule has 2 aromatic rings. The summed E-state index contributed by atoms with van der Waals surface area (Å²) in [5.74, 6) is 0. The first-order chi connectivity index (χ1) is 8.84. The van der Waals surface area contributed by atoms with Crippen LogP contribution < -0.4 is 0 Å². The van der Waals surface area contributed by atoms with Gasteiger partial charge in [-0.1, -0.05) is 29.8 Å². The van der Waals surface area contributed by atoms with Crippen LogP contribution in [0.3, 0.4) is 0 Å². The Labute approximate surface area is 113 Å². The van der Waals surface area contributed by atoms with Gasteiger partial charge >= 0.3 is 0 Å². The Hall–Kier alpha value is -1.59. The third-order valence-corrected chi connectivity index (χ3v) is 4.15. The standard InChI is InChI=1S/C14H17NO3S/c1-10-4-6-12(7-5-10)14-11(2)8-15(13(14)9-16)19(3,17)18/h4-8,16H,9H2,1-3H3. The van der Waals surface area contributed by atoms with Crippen molar-refractivity contribution in [2.45, 2.75) is 20.5 Å². The van der Waals surface area contributed by atoms with E-state index in [1.807, 2.05) is 38.1 Å². The van der Waals surface area contributed by atoms with Crippen molar-refractivity contribution in [1.29, 1.82) is 0 Å². The molecule has 0 atom stereocenters. The molecule has 1 N–H and O–H groups in total. The van der Waals surface area contributed by atoms with Crippen LogP contribution in [-0.2, 0) is 16.6 Å². The van der Waals surface area contributed by atoms with Gasteiger partial charge in [0.15, 0.2) is 0 Å². The van der Waals surface area contributed by atoms with Gasteiger partial charge in [-0.15, -0.1) is 0 Å². The van der Waals surface area contributed by atoms with E-state index in [9.17, 15) is 13.5 Å². The largest absolute Gasteiger partial charge is 0.390 e. The van der Waals surface area contributed by atoms with Crippen molar-refractivity contribution in [3.05, 3.63) is 47.3 Å². The summed E-state index contributed by atoms with van der Waals surface area (Å²) < 4.78 is 24.6. The first-order valence-corrected chi connectivity index (χ1v) is 7.78. The molecule has 0 aliphatic rings. The minimum Gasteiger partial charge on any atom is -0.390 e. The fourth-order valence-corrected chi connectivity index (χ4v) is 3.11. The number of benzene rings is 1. The van der Waals surface area contributed by atoms with Crippen LogP contribution in [0.1, 0.15) is 16.8 Å². The second-order valence-electron chi connectivity index (χ2n) is 4.72. The average Bonchev–Trinajstić information content (AvgIpc) is 2.67. The quantitative estimate of drug-likeness (QED) is 0.935. The van der Waals surface area contributed by atoms with Gasteiger partial charge in [0.25, 0.3) is 0 Å². The van der Waals surface area contributed by atoms with Crippen LogP contribution in [0.5, 0.6) is 0 Å². The molecule has 0 aliphatic carbocycles. The summed E-state index contributed by atoms with van der Waals surface area (Å²) in [4.78, 5) is 0. The zero-order chi connectivity index (χ0) is 14.2. The third kappa shape index (κ3) is 2.57. The van der Waals surface area contributed by atoms with Crippen molar-refractivity contribution in [3.63, 3.8) is 0 Å². The maximum Gasteiger partial charge on any atom is 0.235 e. The van der Waals surface area contributed by atoms with E-state index < -0.39 is 10.0 Å². The van der Waals surface area contributed by atoms with Crippen molar-refractivity contribution < 1.29 is 13.5 Å². The van der Waals surface area contributed by atoms with Crippen LogP contribution >= 0.6 is 0 Å². The summed E-state index contributed by atoms with van der Waals surface area (Å²) in [6, 6.07) is 7.80. The van der Waals surface area contributed by atoms with E-state index in [0.717, 1.165) is 32.5 Å². The number of nitrogens with zero attached hydrogens (tertiary/aromatic N) is 1. The van der Waals surface area contributed by atoms with Gasteiger partial charge in [-0.3, -0.25) is 0 Å². The lowest BCUT2D eigenvalue weighted by Crippen LogP contribution is -2.12. The molecule has 2 rings (SSSR count). The van der Waals surface area contributed by atoms with Gasteiger partial charge in [-0.2, -0.15) is 0 Å². The number of hydrogen-bond donors (Lipinski definition) is 1. The molecule has 0 saturated heterocycles. The minimum atomic E-state index is -3.41. The Kier molecular flexibility index (Phi) is 3.52. The van der Waals surface area contributed by atoms with Crippen LogP contribution in [0, 0.1) is 13.8 Å². The van der Waals surface area contributed by atoms with Crippen molar-refractivity contribution >= 4 is 10.0 Å². The van der Waals surface area contributed by atoms with E-state index in [1.165, 1.54) is 0 Å². The van der Waals surface area contributed by atoms with E-state index >= 15 is 0 Å². The Bertz CT molecular complexity index is 697. The molecule has 1 aromatic carbocycles. The highest BCUT2D eigenvalue weighted by Gasteiger charge is 2.19. The Balaban J connectivity index is 2.70. The van der Waals surface area contributed by atoms with Crippen molar-refractivity contribution in [2.75, 3.05) is 6.26 Å². The van der Waals surface area contributed by atoms with Crippen LogP contribution in [-0.4, -0.2) is 23.8 Å². The van der Waals surface area contributed by atoms with E-state index in [-0.39, 0.29) is 6.61 Å². The second kappa shape index (κ2) is 4.83. The number of rotatable bonds is 3. The molecule has 0 spiro atoms. The van der Waals surface area contributed by atoms with Crippen molar-refractivity contribution in [2.24, 2.45) is 0 Å². The predicted octanol–water partition coefficient (Wildman–Crippen LogP) is 2.07. The monoisotopic (exact) mass is 279 g/mol. The first-order valence-electron chi connectivity index (χ1n) is 5.94. The summed E-state index contributed by atoms with van der Waals surface area (Å²) >= 11 is 0. The molecule has 19 heavy (non-hydrogen) atoms. The number of aryl methyl sites for hydroxylation is 2. The molecule has 1 aromatic heterocycles. The molecule has 0 aliphatic heterocycles. The van der Waals surface area contributed by atoms with E-state index in [0.29, 0.717) is 5.69 Å². The van der Waals surface area contributed by atoms with Gasteiger partial charge in [0.2, 0.25) is 10.0 Å². The number of aromatic nitrogens is 1. The molecule has 0 fully saturated rings. The lowest BCUT2D eigenvalue weighted by molar-refractivity contribution is 0.276. The third-order valence-electron chi connectivity index (χ3n) is 3.11. The molecule has 0 bridgehead atoms. The highest BCUT2D eigenvalue weighted by molar-refractivity contribution is 7.89. The molecule has 0 amide bonds. The summed E-state index contributed by atoms with van der Waals surface area (Å²) in [6.07, 6.45) is 2.68. The van der Waals surface area contributed by atoms with E-state index in [1.54, 1.807) is 6.20 Å².